The van der Waals surface area contributed by atoms with Crippen LogP contribution in [-0.4, -0.2) is 23.1 Å². The summed E-state index contributed by atoms with van der Waals surface area (Å²) in [5.74, 6) is 0.766. The van der Waals surface area contributed by atoms with Gasteiger partial charge in [0.05, 0.1) is 23.3 Å². The van der Waals surface area contributed by atoms with Crippen LogP contribution in [0.2, 0.25) is 5.02 Å². The van der Waals surface area contributed by atoms with Crippen LogP contribution >= 0.6 is 11.6 Å². The van der Waals surface area contributed by atoms with Crippen LogP contribution in [0.3, 0.4) is 0 Å². The Labute approximate surface area is 126 Å². The third-order valence-corrected chi connectivity index (χ3v) is 3.08. The Morgan fingerprint density at radius 2 is 2.19 bits per heavy atom. The number of hydrogen-bond donors (Lipinski definition) is 2. The molecule has 1 aromatic carbocycles. The van der Waals surface area contributed by atoms with Crippen molar-refractivity contribution in [2.45, 2.75) is 6.61 Å². The smallest absolute Gasteiger partial charge is 0.219 e. The highest BCUT2D eigenvalue weighted by atomic mass is 35.5. The number of amidine groups is 1. The Kier molecular flexibility index (Phi) is 4.84. The van der Waals surface area contributed by atoms with E-state index < -0.39 is 0 Å². The molecule has 0 fully saturated rings. The first kappa shape index (κ1) is 14.9. The minimum absolute atomic E-state index is 0.117. The lowest BCUT2D eigenvalue weighted by Crippen LogP contribution is -2.15. The molecule has 21 heavy (non-hydrogen) atoms. The first-order chi connectivity index (χ1) is 10.2. The minimum Gasteiger partial charge on any atom is -0.488 e. The van der Waals surface area contributed by atoms with E-state index in [1.54, 1.807) is 30.5 Å². The minimum atomic E-state index is -0.117. The number of hydrogen-bond acceptors (Lipinski definition) is 5. The third-order valence-electron chi connectivity index (χ3n) is 2.77. The number of methoxy groups -OCH3 is 1. The van der Waals surface area contributed by atoms with Crippen LogP contribution in [-0.2, 0) is 6.61 Å². The molecule has 2 aromatic rings. The Bertz CT molecular complexity index is 662. The van der Waals surface area contributed by atoms with Crippen molar-refractivity contribution in [2.75, 3.05) is 7.11 Å². The van der Waals surface area contributed by atoms with E-state index in [1.807, 2.05) is 6.07 Å². The van der Waals surface area contributed by atoms with Gasteiger partial charge < -0.3 is 20.4 Å². The number of benzene rings is 1. The molecule has 0 amide bonds. The monoisotopic (exact) mass is 307 g/mol. The molecule has 0 atom stereocenters. The SMILES string of the molecule is COc1ncccc1COc1cccc(Cl)c1/C(N)=N/O. The predicted molar refractivity (Wildman–Crippen MR) is 79.1 cm³/mol. The number of rotatable bonds is 5. The van der Waals surface area contributed by atoms with Crippen LogP contribution in [0.1, 0.15) is 11.1 Å². The molecule has 0 aliphatic rings. The highest BCUT2D eigenvalue weighted by Crippen LogP contribution is 2.27. The second kappa shape index (κ2) is 6.81. The molecular formula is C14H14ClN3O3. The van der Waals surface area contributed by atoms with Crippen molar-refractivity contribution in [3.63, 3.8) is 0 Å². The Morgan fingerprint density at radius 3 is 2.90 bits per heavy atom. The highest BCUT2D eigenvalue weighted by molar-refractivity contribution is 6.34. The average molecular weight is 308 g/mol. The van der Waals surface area contributed by atoms with E-state index >= 15 is 0 Å². The van der Waals surface area contributed by atoms with Crippen molar-refractivity contribution in [2.24, 2.45) is 10.9 Å². The summed E-state index contributed by atoms with van der Waals surface area (Å²) in [5, 5.41) is 12.1. The standard InChI is InChI=1S/C14H14ClN3O3/c1-20-14-9(4-3-7-17-14)8-21-11-6-2-5-10(15)12(11)13(16)18-19/h2-7,19H,8H2,1H3,(H2,16,18). The summed E-state index contributed by atoms with van der Waals surface area (Å²) in [6.07, 6.45) is 1.63. The van der Waals surface area contributed by atoms with Gasteiger partial charge in [0.1, 0.15) is 12.4 Å². The van der Waals surface area contributed by atoms with E-state index in [4.69, 9.17) is 32.0 Å². The molecule has 0 spiro atoms. The number of nitrogens with zero attached hydrogens (tertiary/aromatic N) is 2. The van der Waals surface area contributed by atoms with E-state index in [1.165, 1.54) is 7.11 Å². The summed E-state index contributed by atoms with van der Waals surface area (Å²) in [6.45, 7) is 0.211. The molecule has 0 radical (unpaired) electrons. The largest absolute Gasteiger partial charge is 0.488 e. The molecule has 0 aliphatic heterocycles. The summed E-state index contributed by atoms with van der Waals surface area (Å²) in [6, 6.07) is 8.64. The Balaban J connectivity index is 2.27. The lowest BCUT2D eigenvalue weighted by molar-refractivity contribution is 0.292. The third kappa shape index (κ3) is 3.35. The molecule has 3 N–H and O–H groups in total. The van der Waals surface area contributed by atoms with E-state index in [-0.39, 0.29) is 12.4 Å². The molecule has 0 unspecified atom stereocenters. The molecule has 1 aromatic heterocycles. The molecule has 6 nitrogen and oxygen atoms in total. The molecule has 7 heteroatoms. The van der Waals surface area contributed by atoms with Crippen molar-refractivity contribution < 1.29 is 14.7 Å². The van der Waals surface area contributed by atoms with Crippen molar-refractivity contribution in [3.8, 4) is 11.6 Å². The molecule has 0 saturated heterocycles. The van der Waals surface area contributed by atoms with Gasteiger partial charge in [-0.05, 0) is 24.3 Å². The lowest BCUT2D eigenvalue weighted by atomic mass is 10.2. The maximum Gasteiger partial charge on any atom is 0.219 e. The van der Waals surface area contributed by atoms with Gasteiger partial charge in [0.2, 0.25) is 5.88 Å². The quantitative estimate of drug-likeness (QED) is 0.383. The topological polar surface area (TPSA) is 90.0 Å². The maximum absolute atomic E-state index is 8.82. The maximum atomic E-state index is 8.82. The molecule has 1 heterocycles. The second-order valence-electron chi connectivity index (χ2n) is 4.06. The molecule has 110 valence electrons. The Hall–Kier alpha value is -2.47. The zero-order valence-corrected chi connectivity index (χ0v) is 12.0. The summed E-state index contributed by atoms with van der Waals surface area (Å²) in [4.78, 5) is 4.08. The highest BCUT2D eigenvalue weighted by Gasteiger charge is 2.14. The van der Waals surface area contributed by atoms with Crippen LogP contribution in [0.4, 0.5) is 0 Å². The van der Waals surface area contributed by atoms with E-state index in [9.17, 15) is 0 Å². The van der Waals surface area contributed by atoms with Crippen LogP contribution in [0, 0.1) is 0 Å². The van der Waals surface area contributed by atoms with Gasteiger partial charge in [-0.15, -0.1) is 0 Å². The summed E-state index contributed by atoms with van der Waals surface area (Å²) < 4.78 is 10.8. The van der Waals surface area contributed by atoms with Crippen molar-refractivity contribution in [1.29, 1.82) is 0 Å². The normalized spacial score (nSPS) is 11.2. The van der Waals surface area contributed by atoms with E-state index in [2.05, 4.69) is 10.1 Å². The van der Waals surface area contributed by atoms with Gasteiger partial charge >= 0.3 is 0 Å². The lowest BCUT2D eigenvalue weighted by Gasteiger charge is -2.13. The van der Waals surface area contributed by atoms with Gasteiger partial charge in [0.25, 0.3) is 0 Å². The number of aromatic nitrogens is 1. The van der Waals surface area contributed by atoms with Crippen LogP contribution in [0.15, 0.2) is 41.7 Å². The summed E-state index contributed by atoms with van der Waals surface area (Å²) in [7, 11) is 1.53. The van der Waals surface area contributed by atoms with Crippen molar-refractivity contribution in [1.82, 2.24) is 4.98 Å². The number of halogens is 1. The van der Waals surface area contributed by atoms with Gasteiger partial charge in [0, 0.05) is 6.20 Å². The number of oxime groups is 1. The molecular weight excluding hydrogens is 294 g/mol. The Morgan fingerprint density at radius 1 is 1.38 bits per heavy atom. The van der Waals surface area contributed by atoms with Gasteiger partial charge in [-0.1, -0.05) is 22.8 Å². The van der Waals surface area contributed by atoms with Crippen LogP contribution in [0.5, 0.6) is 11.6 Å². The van der Waals surface area contributed by atoms with Gasteiger partial charge in [-0.25, -0.2) is 4.98 Å². The van der Waals surface area contributed by atoms with E-state index in [0.29, 0.717) is 22.2 Å². The van der Waals surface area contributed by atoms with Gasteiger partial charge in [-0.2, -0.15) is 0 Å². The molecule has 2 rings (SSSR count). The van der Waals surface area contributed by atoms with E-state index in [0.717, 1.165) is 5.56 Å². The van der Waals surface area contributed by atoms with Gasteiger partial charge in [0.15, 0.2) is 5.84 Å². The fraction of sp³-hybridized carbons (Fsp3) is 0.143. The molecule has 0 aliphatic carbocycles. The van der Waals surface area contributed by atoms with Crippen molar-refractivity contribution in [3.05, 3.63) is 52.7 Å². The number of ether oxygens (including phenoxy) is 2. The number of pyridine rings is 1. The van der Waals surface area contributed by atoms with Crippen LogP contribution < -0.4 is 15.2 Å². The van der Waals surface area contributed by atoms with Crippen molar-refractivity contribution >= 4 is 17.4 Å². The average Bonchev–Trinajstić information content (AvgIpc) is 2.52. The molecule has 0 bridgehead atoms. The van der Waals surface area contributed by atoms with Gasteiger partial charge in [-0.3, -0.25) is 0 Å². The summed E-state index contributed by atoms with van der Waals surface area (Å²) >= 11 is 6.05. The molecule has 0 saturated carbocycles. The van der Waals surface area contributed by atoms with Crippen LogP contribution in [0.25, 0.3) is 0 Å². The first-order valence-corrected chi connectivity index (χ1v) is 6.42. The zero-order chi connectivity index (χ0) is 15.2. The number of nitrogens with two attached hydrogens (primary N) is 1. The summed E-state index contributed by atoms with van der Waals surface area (Å²) in [5.41, 5.74) is 6.73. The first-order valence-electron chi connectivity index (χ1n) is 6.04. The zero-order valence-electron chi connectivity index (χ0n) is 11.3. The fourth-order valence-electron chi connectivity index (χ4n) is 1.80. The second-order valence-corrected chi connectivity index (χ2v) is 4.47. The predicted octanol–water partition coefficient (Wildman–Crippen LogP) is 2.42. The fourth-order valence-corrected chi connectivity index (χ4v) is 2.06.